The van der Waals surface area contributed by atoms with Crippen LogP contribution in [0.1, 0.15) is 25.0 Å². The molecule has 114 valence electrons. The van der Waals surface area contributed by atoms with Gasteiger partial charge in [-0.2, -0.15) is 0 Å². The molecule has 0 aromatic heterocycles. The molecule has 1 aromatic rings. The first-order valence-electron chi connectivity index (χ1n) is 7.01. The van der Waals surface area contributed by atoms with E-state index in [-0.39, 0.29) is 12.7 Å². The third kappa shape index (κ3) is 3.95. The first-order valence-corrected chi connectivity index (χ1v) is 7.01. The fourth-order valence-electron chi connectivity index (χ4n) is 2.58. The van der Waals surface area contributed by atoms with Crippen molar-refractivity contribution in [1.29, 1.82) is 0 Å². The second-order valence-electron chi connectivity index (χ2n) is 5.78. The third-order valence-corrected chi connectivity index (χ3v) is 3.55. The lowest BCUT2D eigenvalue weighted by molar-refractivity contribution is -0.148. The molecule has 1 N–H and O–H groups in total. The van der Waals surface area contributed by atoms with E-state index < -0.39 is 17.9 Å². The summed E-state index contributed by atoms with van der Waals surface area (Å²) in [6.07, 6.45) is -0.0706. The highest BCUT2D eigenvalue weighted by Crippen LogP contribution is 2.32. The van der Waals surface area contributed by atoms with Crippen LogP contribution in [-0.2, 0) is 15.9 Å². The summed E-state index contributed by atoms with van der Waals surface area (Å²) >= 11 is 0. The van der Waals surface area contributed by atoms with Crippen molar-refractivity contribution in [3.63, 3.8) is 0 Å². The molecule has 1 heterocycles. The topological polar surface area (TPSA) is 87.5 Å². The van der Waals surface area contributed by atoms with Crippen LogP contribution in [0.4, 0.5) is 0 Å². The molecular weight excluding hydrogens is 270 g/mol. The van der Waals surface area contributed by atoms with Gasteiger partial charge in [0, 0.05) is 11.3 Å². The van der Waals surface area contributed by atoms with Crippen molar-refractivity contribution in [2.75, 3.05) is 6.61 Å². The van der Waals surface area contributed by atoms with Gasteiger partial charge in [0.15, 0.2) is 5.79 Å². The number of hydrogen-bond acceptors (Lipinski definition) is 4. The van der Waals surface area contributed by atoms with Crippen molar-refractivity contribution in [3.05, 3.63) is 45.8 Å². The number of benzene rings is 1. The normalized spacial score (nSPS) is 25.3. The van der Waals surface area contributed by atoms with Gasteiger partial charge < -0.3 is 14.6 Å². The smallest absolute Gasteiger partial charge is 0.163 e. The number of nitrogens with zero attached hydrogens (tertiary/aromatic N) is 3. The Morgan fingerprint density at radius 1 is 1.33 bits per heavy atom. The van der Waals surface area contributed by atoms with Crippen molar-refractivity contribution < 1.29 is 14.6 Å². The molecule has 6 heteroatoms. The lowest BCUT2D eigenvalue weighted by atomic mass is 9.99. The number of rotatable bonds is 5. The maximum atomic E-state index is 9.41. The first kappa shape index (κ1) is 15.8. The number of azide groups is 1. The second kappa shape index (κ2) is 6.45. The summed E-state index contributed by atoms with van der Waals surface area (Å²) in [7, 11) is 0. The van der Waals surface area contributed by atoms with Gasteiger partial charge in [-0.1, -0.05) is 34.9 Å². The molecule has 0 amide bonds. The fraction of sp³-hybridized carbons (Fsp3) is 0.600. The summed E-state index contributed by atoms with van der Waals surface area (Å²) in [5.74, 6) is -0.752. The van der Waals surface area contributed by atoms with E-state index in [4.69, 9.17) is 15.0 Å². The predicted octanol–water partition coefficient (Wildman–Crippen LogP) is 2.73. The Balaban J connectivity index is 2.17. The Labute approximate surface area is 124 Å². The molecular formula is C15H21N3O3. The van der Waals surface area contributed by atoms with E-state index >= 15 is 0 Å². The van der Waals surface area contributed by atoms with Gasteiger partial charge in [-0.15, -0.1) is 0 Å². The molecule has 0 radical (unpaired) electrons. The Morgan fingerprint density at radius 2 is 2.00 bits per heavy atom. The van der Waals surface area contributed by atoms with Crippen molar-refractivity contribution in [3.8, 4) is 0 Å². The number of hydrogen-bond donors (Lipinski definition) is 1. The van der Waals surface area contributed by atoms with Crippen molar-refractivity contribution >= 4 is 0 Å². The average molecular weight is 291 g/mol. The van der Waals surface area contributed by atoms with Crippen LogP contribution in [0.2, 0.25) is 0 Å². The van der Waals surface area contributed by atoms with E-state index in [1.165, 1.54) is 5.56 Å². The van der Waals surface area contributed by atoms with Crippen LogP contribution in [0.15, 0.2) is 29.4 Å². The SMILES string of the molecule is Cc1ccc(C[C@H]2OC(C)(C)O[C@H]2[C@@H](CO)N=[N+]=[N-])cc1. The first-order chi connectivity index (χ1) is 9.95. The van der Waals surface area contributed by atoms with Gasteiger partial charge in [-0.25, -0.2) is 0 Å². The Bertz CT molecular complexity index is 523. The highest BCUT2D eigenvalue weighted by molar-refractivity contribution is 5.22. The number of aliphatic hydroxyl groups excluding tert-OH is 1. The molecule has 1 saturated heterocycles. The number of ether oxygens (including phenoxy) is 2. The van der Waals surface area contributed by atoms with Gasteiger partial charge in [0.05, 0.1) is 24.9 Å². The summed E-state index contributed by atoms with van der Waals surface area (Å²) in [6, 6.07) is 7.53. The van der Waals surface area contributed by atoms with Crippen LogP contribution in [0.3, 0.4) is 0 Å². The van der Waals surface area contributed by atoms with Gasteiger partial charge in [0.2, 0.25) is 0 Å². The van der Waals surface area contributed by atoms with Gasteiger partial charge in [-0.3, -0.25) is 0 Å². The summed E-state index contributed by atoms with van der Waals surface area (Å²) in [6.45, 7) is 5.41. The van der Waals surface area contributed by atoms with E-state index in [0.717, 1.165) is 5.56 Å². The van der Waals surface area contributed by atoms with Crippen molar-refractivity contribution in [1.82, 2.24) is 0 Å². The van der Waals surface area contributed by atoms with Crippen LogP contribution >= 0.6 is 0 Å². The molecule has 21 heavy (non-hydrogen) atoms. The van der Waals surface area contributed by atoms with E-state index in [9.17, 15) is 5.11 Å². The minimum atomic E-state index is -0.752. The molecule has 1 aromatic carbocycles. The number of aliphatic hydroxyl groups is 1. The van der Waals surface area contributed by atoms with Crippen LogP contribution in [0, 0.1) is 6.92 Å². The van der Waals surface area contributed by atoms with E-state index in [0.29, 0.717) is 6.42 Å². The minimum absolute atomic E-state index is 0.259. The molecule has 3 atom stereocenters. The van der Waals surface area contributed by atoms with Crippen LogP contribution < -0.4 is 0 Å². The van der Waals surface area contributed by atoms with Gasteiger partial charge in [0.1, 0.15) is 0 Å². The Hall–Kier alpha value is -1.59. The highest BCUT2D eigenvalue weighted by Gasteiger charge is 2.44. The third-order valence-electron chi connectivity index (χ3n) is 3.55. The van der Waals surface area contributed by atoms with Gasteiger partial charge >= 0.3 is 0 Å². The quantitative estimate of drug-likeness (QED) is 0.514. The molecule has 0 saturated carbocycles. The fourth-order valence-corrected chi connectivity index (χ4v) is 2.58. The maximum absolute atomic E-state index is 9.41. The summed E-state index contributed by atoms with van der Waals surface area (Å²) < 4.78 is 11.7. The maximum Gasteiger partial charge on any atom is 0.163 e. The largest absolute Gasteiger partial charge is 0.396 e. The molecule has 0 spiro atoms. The summed E-state index contributed by atoms with van der Waals surface area (Å²) in [5.41, 5.74) is 10.9. The predicted molar refractivity (Wildman–Crippen MR) is 78.7 cm³/mol. The van der Waals surface area contributed by atoms with E-state index in [1.807, 2.05) is 45.0 Å². The molecule has 0 unspecified atom stereocenters. The van der Waals surface area contributed by atoms with Crippen LogP contribution in [-0.4, -0.2) is 35.8 Å². The molecule has 0 bridgehead atoms. The Morgan fingerprint density at radius 3 is 2.57 bits per heavy atom. The number of aryl methyl sites for hydroxylation is 1. The lowest BCUT2D eigenvalue weighted by Crippen LogP contribution is -2.37. The molecule has 6 nitrogen and oxygen atoms in total. The molecule has 0 aliphatic carbocycles. The standard InChI is InChI=1S/C15H21N3O3/c1-10-4-6-11(7-5-10)8-13-14(12(9-19)17-18-16)21-15(2,3)20-13/h4-7,12-14,19H,8-9H2,1-3H3/t12-,13-,14+/m1/s1. The molecule has 2 rings (SSSR count). The van der Waals surface area contributed by atoms with Gasteiger partial charge in [0.25, 0.3) is 0 Å². The monoisotopic (exact) mass is 291 g/mol. The lowest BCUT2D eigenvalue weighted by Gasteiger charge is -2.21. The van der Waals surface area contributed by atoms with E-state index in [2.05, 4.69) is 10.0 Å². The Kier molecular flexibility index (Phi) is 4.85. The van der Waals surface area contributed by atoms with E-state index in [1.54, 1.807) is 0 Å². The van der Waals surface area contributed by atoms with Crippen LogP contribution in [0.5, 0.6) is 0 Å². The summed E-state index contributed by atoms with van der Waals surface area (Å²) in [5, 5.41) is 13.0. The minimum Gasteiger partial charge on any atom is -0.396 e. The molecule has 1 aliphatic heterocycles. The zero-order valence-electron chi connectivity index (χ0n) is 12.6. The zero-order chi connectivity index (χ0) is 15.5. The second-order valence-corrected chi connectivity index (χ2v) is 5.78. The van der Waals surface area contributed by atoms with Gasteiger partial charge in [-0.05, 0) is 31.9 Å². The van der Waals surface area contributed by atoms with Crippen molar-refractivity contribution in [2.24, 2.45) is 5.11 Å². The zero-order valence-corrected chi connectivity index (χ0v) is 12.6. The highest BCUT2D eigenvalue weighted by atomic mass is 16.8. The average Bonchev–Trinajstić information content (AvgIpc) is 2.73. The van der Waals surface area contributed by atoms with Crippen molar-refractivity contribution in [2.45, 2.75) is 51.2 Å². The molecule has 1 fully saturated rings. The summed E-state index contributed by atoms with van der Waals surface area (Å²) in [4.78, 5) is 2.78. The molecule has 1 aliphatic rings. The van der Waals surface area contributed by atoms with Crippen LogP contribution in [0.25, 0.3) is 10.4 Å².